The number of amides is 2. The molecule has 0 radical (unpaired) electrons. The number of anilines is 1. The number of likely N-dealkylation sites (tertiary alicyclic amines) is 1. The van der Waals surface area contributed by atoms with Gasteiger partial charge in [0.1, 0.15) is 0 Å². The fourth-order valence-corrected chi connectivity index (χ4v) is 3.35. The molecule has 0 spiro atoms. The van der Waals surface area contributed by atoms with E-state index < -0.39 is 6.10 Å². The highest BCUT2D eigenvalue weighted by Crippen LogP contribution is 2.35. The molecule has 0 aromatic heterocycles. The first-order chi connectivity index (χ1) is 10.9. The van der Waals surface area contributed by atoms with Crippen LogP contribution in [0.4, 0.5) is 5.69 Å². The Bertz CT molecular complexity index is 644. The second-order valence-electron chi connectivity index (χ2n) is 6.65. The predicted molar refractivity (Wildman–Crippen MR) is 87.7 cm³/mol. The van der Waals surface area contributed by atoms with E-state index in [0.29, 0.717) is 35.5 Å². The molecule has 6 heteroatoms. The quantitative estimate of drug-likeness (QED) is 0.896. The summed E-state index contributed by atoms with van der Waals surface area (Å²) < 4.78 is 5.69. The second-order valence-corrected chi connectivity index (χ2v) is 6.65. The number of hydrogen-bond acceptors (Lipinski definition) is 4. The van der Waals surface area contributed by atoms with E-state index in [2.05, 4.69) is 17.1 Å². The van der Waals surface area contributed by atoms with Crippen molar-refractivity contribution in [3.8, 4) is 5.75 Å². The van der Waals surface area contributed by atoms with Crippen LogP contribution in [0.25, 0.3) is 0 Å². The van der Waals surface area contributed by atoms with E-state index in [4.69, 9.17) is 4.74 Å². The summed E-state index contributed by atoms with van der Waals surface area (Å²) in [5, 5.41) is 2.79. The third-order valence-corrected chi connectivity index (χ3v) is 4.69. The molecule has 3 rings (SSSR count). The minimum absolute atomic E-state index is 0.0404. The number of nitrogens with zero attached hydrogens (tertiary/aromatic N) is 2. The zero-order valence-electron chi connectivity index (χ0n) is 14.0. The first-order valence-electron chi connectivity index (χ1n) is 7.94. The first kappa shape index (κ1) is 15.8. The van der Waals surface area contributed by atoms with Gasteiger partial charge in [0, 0.05) is 19.1 Å². The molecule has 6 nitrogen and oxygen atoms in total. The van der Waals surface area contributed by atoms with Crippen LogP contribution in [0.2, 0.25) is 0 Å². The Kier molecular flexibility index (Phi) is 4.02. The average molecular weight is 317 g/mol. The van der Waals surface area contributed by atoms with Crippen LogP contribution in [0.15, 0.2) is 18.2 Å². The van der Waals surface area contributed by atoms with E-state index in [1.807, 2.05) is 19.0 Å². The summed E-state index contributed by atoms with van der Waals surface area (Å²) in [6, 6.07) is 5.65. The van der Waals surface area contributed by atoms with Crippen LogP contribution < -0.4 is 10.1 Å². The van der Waals surface area contributed by atoms with Crippen LogP contribution in [-0.2, 0) is 4.79 Å². The number of rotatable bonds is 2. The summed E-state index contributed by atoms with van der Waals surface area (Å²) in [6.07, 6.45) is -0.594. The number of ether oxygens (including phenoxy) is 1. The normalized spacial score (nSPS) is 26.7. The third-order valence-electron chi connectivity index (χ3n) is 4.69. The lowest BCUT2D eigenvalue weighted by Gasteiger charge is -2.26. The maximum Gasteiger partial charge on any atom is 0.265 e. The van der Waals surface area contributed by atoms with Crippen molar-refractivity contribution >= 4 is 17.5 Å². The average Bonchev–Trinajstić information content (AvgIpc) is 2.89. The molecule has 3 unspecified atom stereocenters. The van der Waals surface area contributed by atoms with Gasteiger partial charge in [-0.25, -0.2) is 0 Å². The molecular weight excluding hydrogens is 294 g/mol. The Morgan fingerprint density at radius 3 is 2.70 bits per heavy atom. The van der Waals surface area contributed by atoms with E-state index in [1.165, 1.54) is 0 Å². The Balaban J connectivity index is 1.87. The highest BCUT2D eigenvalue weighted by atomic mass is 16.5. The SMILES string of the molecule is CC1Oc2c(cccc2C(=O)N2CC(C)C(N(C)C)C2)NC1=O. The van der Waals surface area contributed by atoms with Crippen molar-refractivity contribution in [3.63, 3.8) is 0 Å². The van der Waals surface area contributed by atoms with Gasteiger partial charge in [-0.15, -0.1) is 0 Å². The van der Waals surface area contributed by atoms with Crippen LogP contribution in [0, 0.1) is 5.92 Å². The van der Waals surface area contributed by atoms with E-state index in [-0.39, 0.29) is 11.8 Å². The summed E-state index contributed by atoms with van der Waals surface area (Å²) in [5.41, 5.74) is 1.08. The first-order valence-corrected chi connectivity index (χ1v) is 7.94. The molecule has 0 saturated carbocycles. The van der Waals surface area contributed by atoms with Gasteiger partial charge in [-0.05, 0) is 39.1 Å². The molecule has 0 aliphatic carbocycles. The molecule has 0 bridgehead atoms. The van der Waals surface area contributed by atoms with Gasteiger partial charge in [-0.3, -0.25) is 9.59 Å². The largest absolute Gasteiger partial charge is 0.478 e. The van der Waals surface area contributed by atoms with Crippen molar-refractivity contribution in [2.45, 2.75) is 26.0 Å². The van der Waals surface area contributed by atoms with Gasteiger partial charge in [0.15, 0.2) is 11.9 Å². The summed E-state index contributed by atoms with van der Waals surface area (Å²) in [6.45, 7) is 5.28. The van der Waals surface area contributed by atoms with Gasteiger partial charge < -0.3 is 19.9 Å². The van der Waals surface area contributed by atoms with Crippen molar-refractivity contribution in [1.82, 2.24) is 9.80 Å². The lowest BCUT2D eigenvalue weighted by molar-refractivity contribution is -0.122. The van der Waals surface area contributed by atoms with Crippen molar-refractivity contribution in [2.75, 3.05) is 32.5 Å². The Labute approximate surface area is 136 Å². The number of carbonyl (C=O) groups is 2. The Morgan fingerprint density at radius 2 is 2.04 bits per heavy atom. The van der Waals surface area contributed by atoms with Crippen LogP contribution in [0.1, 0.15) is 24.2 Å². The van der Waals surface area contributed by atoms with Gasteiger partial charge in [0.05, 0.1) is 11.3 Å². The second kappa shape index (κ2) is 5.85. The molecule has 1 fully saturated rings. The van der Waals surface area contributed by atoms with Crippen molar-refractivity contribution in [1.29, 1.82) is 0 Å². The zero-order chi connectivity index (χ0) is 16.7. The molecule has 2 aliphatic rings. The van der Waals surface area contributed by atoms with Crippen molar-refractivity contribution in [3.05, 3.63) is 23.8 Å². The zero-order valence-corrected chi connectivity index (χ0v) is 14.0. The highest BCUT2D eigenvalue weighted by molar-refractivity contribution is 6.04. The summed E-state index contributed by atoms with van der Waals surface area (Å²) in [5.74, 6) is 0.671. The lowest BCUT2D eigenvalue weighted by atomic mass is 10.1. The topological polar surface area (TPSA) is 61.9 Å². The number of para-hydroxylation sites is 1. The molecular formula is C17H23N3O3. The van der Waals surface area contributed by atoms with Crippen LogP contribution in [-0.4, -0.2) is 60.9 Å². The molecule has 1 N–H and O–H groups in total. The number of carbonyl (C=O) groups excluding carboxylic acids is 2. The summed E-state index contributed by atoms with van der Waals surface area (Å²) in [7, 11) is 4.08. The molecule has 1 aromatic rings. The molecule has 23 heavy (non-hydrogen) atoms. The Morgan fingerprint density at radius 1 is 1.30 bits per heavy atom. The van der Waals surface area contributed by atoms with Crippen LogP contribution in [0.3, 0.4) is 0 Å². The molecule has 124 valence electrons. The van der Waals surface area contributed by atoms with Gasteiger partial charge in [-0.1, -0.05) is 13.0 Å². The summed E-state index contributed by atoms with van der Waals surface area (Å²) in [4.78, 5) is 28.7. The Hall–Kier alpha value is -2.08. The minimum atomic E-state index is -0.594. The molecule has 1 saturated heterocycles. The third kappa shape index (κ3) is 2.79. The number of likely N-dealkylation sites (N-methyl/N-ethyl adjacent to an activating group) is 1. The predicted octanol–water partition coefficient (Wildman–Crippen LogP) is 1.43. The highest BCUT2D eigenvalue weighted by Gasteiger charge is 2.36. The fourth-order valence-electron chi connectivity index (χ4n) is 3.35. The number of benzene rings is 1. The van der Waals surface area contributed by atoms with E-state index >= 15 is 0 Å². The molecule has 2 heterocycles. The fraction of sp³-hybridized carbons (Fsp3) is 0.529. The van der Waals surface area contributed by atoms with Crippen molar-refractivity contribution in [2.24, 2.45) is 5.92 Å². The lowest BCUT2D eigenvalue weighted by Crippen LogP contribution is -2.37. The van der Waals surface area contributed by atoms with E-state index in [0.717, 1.165) is 6.54 Å². The maximum atomic E-state index is 12.9. The standard InChI is InChI=1S/C17H23N3O3/c1-10-8-20(9-14(10)19(3)4)17(22)12-6-5-7-13-15(12)23-11(2)16(21)18-13/h5-7,10-11,14H,8-9H2,1-4H3,(H,18,21). The molecule has 2 aliphatic heterocycles. The summed E-state index contributed by atoms with van der Waals surface area (Å²) >= 11 is 0. The van der Waals surface area contributed by atoms with Gasteiger partial charge in [-0.2, -0.15) is 0 Å². The van der Waals surface area contributed by atoms with E-state index in [1.54, 1.807) is 25.1 Å². The molecule has 1 aromatic carbocycles. The number of hydrogen-bond donors (Lipinski definition) is 1. The smallest absolute Gasteiger partial charge is 0.265 e. The van der Waals surface area contributed by atoms with Crippen LogP contribution in [0.5, 0.6) is 5.75 Å². The number of nitrogens with one attached hydrogen (secondary N) is 1. The minimum Gasteiger partial charge on any atom is -0.478 e. The van der Waals surface area contributed by atoms with E-state index in [9.17, 15) is 9.59 Å². The van der Waals surface area contributed by atoms with Gasteiger partial charge in [0.25, 0.3) is 11.8 Å². The monoisotopic (exact) mass is 317 g/mol. The van der Waals surface area contributed by atoms with Crippen molar-refractivity contribution < 1.29 is 14.3 Å². The molecule has 2 amide bonds. The van der Waals surface area contributed by atoms with Crippen LogP contribution >= 0.6 is 0 Å². The maximum absolute atomic E-state index is 12.9. The molecule has 3 atom stereocenters. The number of fused-ring (bicyclic) bond motifs is 1. The van der Waals surface area contributed by atoms with Gasteiger partial charge >= 0.3 is 0 Å². The van der Waals surface area contributed by atoms with Gasteiger partial charge in [0.2, 0.25) is 0 Å².